The molecule has 0 spiro atoms. The average Bonchev–Trinajstić information content (AvgIpc) is 2.93. The molecule has 0 saturated carbocycles. The van der Waals surface area contributed by atoms with Gasteiger partial charge in [-0.2, -0.15) is 14.9 Å². The summed E-state index contributed by atoms with van der Waals surface area (Å²) in [6.45, 7) is 0. The molecule has 1 aromatic heterocycles. The summed E-state index contributed by atoms with van der Waals surface area (Å²) in [4.78, 5) is 0. The molecule has 0 atom stereocenters. The number of aromatic nitrogens is 3. The van der Waals surface area contributed by atoms with Crippen LogP contribution in [0.25, 0.3) is 0 Å². The van der Waals surface area contributed by atoms with Crippen molar-refractivity contribution in [2.45, 2.75) is 12.8 Å². The number of rotatable bonds is 5. The minimum atomic E-state index is -0.0559. The Kier molecular flexibility index (Phi) is 4.72. The van der Waals surface area contributed by atoms with Crippen LogP contribution in [0.4, 0.5) is 0 Å². The van der Waals surface area contributed by atoms with Gasteiger partial charge >= 0.3 is 0 Å². The lowest BCUT2D eigenvalue weighted by molar-refractivity contribution is 0.450. The zero-order chi connectivity index (χ0) is 16.9. The summed E-state index contributed by atoms with van der Waals surface area (Å²) in [5, 5.41) is 30.3. The SMILES string of the molecule is Oc1ccc(/C=N/n2c(CCc3ccccc3)n[nH]c2=S)c(O)c1. The molecule has 0 bridgehead atoms. The zero-order valence-corrected chi connectivity index (χ0v) is 13.6. The van der Waals surface area contributed by atoms with Crippen molar-refractivity contribution in [3.05, 3.63) is 70.3 Å². The van der Waals surface area contributed by atoms with E-state index in [1.807, 2.05) is 18.2 Å². The predicted molar refractivity (Wildman–Crippen MR) is 94.0 cm³/mol. The number of aromatic hydroxyl groups is 2. The van der Waals surface area contributed by atoms with Gasteiger partial charge in [0.05, 0.1) is 6.21 Å². The van der Waals surface area contributed by atoms with Gasteiger partial charge in [-0.15, -0.1) is 0 Å². The number of hydrogen-bond acceptors (Lipinski definition) is 5. The Morgan fingerprint density at radius 1 is 1.12 bits per heavy atom. The number of phenols is 2. The van der Waals surface area contributed by atoms with Gasteiger partial charge in [0.15, 0.2) is 5.82 Å². The molecule has 3 N–H and O–H groups in total. The van der Waals surface area contributed by atoms with Gasteiger partial charge in [-0.05, 0) is 36.3 Å². The van der Waals surface area contributed by atoms with Gasteiger partial charge in [0.2, 0.25) is 4.77 Å². The fourth-order valence-corrected chi connectivity index (χ4v) is 2.47. The molecule has 1 heterocycles. The third-order valence-corrected chi connectivity index (χ3v) is 3.79. The van der Waals surface area contributed by atoms with Crippen LogP contribution in [0.2, 0.25) is 0 Å². The molecule has 0 amide bonds. The fourth-order valence-electron chi connectivity index (χ4n) is 2.27. The van der Waals surface area contributed by atoms with Crippen molar-refractivity contribution < 1.29 is 10.2 Å². The second-order valence-corrected chi connectivity index (χ2v) is 5.62. The molecule has 3 aromatic rings. The quantitative estimate of drug-likeness (QED) is 0.492. The van der Waals surface area contributed by atoms with E-state index in [-0.39, 0.29) is 11.5 Å². The Hall–Kier alpha value is -2.93. The summed E-state index contributed by atoms with van der Waals surface area (Å²) < 4.78 is 1.91. The first-order valence-electron chi connectivity index (χ1n) is 7.40. The zero-order valence-electron chi connectivity index (χ0n) is 12.8. The van der Waals surface area contributed by atoms with Crippen LogP contribution in [0.1, 0.15) is 17.0 Å². The molecule has 0 unspecified atom stereocenters. The molecule has 2 aromatic carbocycles. The number of hydrogen-bond donors (Lipinski definition) is 3. The van der Waals surface area contributed by atoms with Gasteiger partial charge < -0.3 is 10.2 Å². The molecule has 0 saturated heterocycles. The highest BCUT2D eigenvalue weighted by molar-refractivity contribution is 7.71. The molecule has 7 heteroatoms. The molecule has 0 aliphatic heterocycles. The van der Waals surface area contributed by atoms with Crippen molar-refractivity contribution in [2.75, 3.05) is 0 Å². The van der Waals surface area contributed by atoms with Gasteiger partial charge in [0.25, 0.3) is 0 Å². The third kappa shape index (κ3) is 3.69. The number of aryl methyl sites for hydroxylation is 2. The Morgan fingerprint density at radius 3 is 2.67 bits per heavy atom. The Morgan fingerprint density at radius 2 is 1.92 bits per heavy atom. The molecular weight excluding hydrogens is 324 g/mol. The standard InChI is InChI=1S/C17H16N4O2S/c22-14-8-7-13(15(23)10-14)11-18-21-16(19-20-17(21)24)9-6-12-4-2-1-3-5-12/h1-5,7-8,10-11,22-23H,6,9H2,(H,20,24)/b18-11+. The topological polar surface area (TPSA) is 86.4 Å². The second-order valence-electron chi connectivity index (χ2n) is 5.23. The average molecular weight is 340 g/mol. The Labute approximate surface area is 143 Å². The first-order valence-corrected chi connectivity index (χ1v) is 7.81. The van der Waals surface area contributed by atoms with Crippen LogP contribution in [0.15, 0.2) is 53.6 Å². The van der Waals surface area contributed by atoms with E-state index in [4.69, 9.17) is 12.2 Å². The van der Waals surface area contributed by atoms with Crippen molar-refractivity contribution in [3.8, 4) is 11.5 Å². The van der Waals surface area contributed by atoms with Crippen LogP contribution in [0.5, 0.6) is 11.5 Å². The summed E-state index contributed by atoms with van der Waals surface area (Å²) in [5.41, 5.74) is 1.68. The van der Waals surface area contributed by atoms with Crippen LogP contribution in [-0.2, 0) is 12.8 Å². The highest BCUT2D eigenvalue weighted by Crippen LogP contribution is 2.21. The second kappa shape index (κ2) is 7.10. The summed E-state index contributed by atoms with van der Waals surface area (Å²) in [6, 6.07) is 14.4. The van der Waals surface area contributed by atoms with Crippen LogP contribution >= 0.6 is 12.2 Å². The summed E-state index contributed by atoms with van der Waals surface area (Å²) >= 11 is 5.20. The van der Waals surface area contributed by atoms with Crippen molar-refractivity contribution in [2.24, 2.45) is 5.10 Å². The predicted octanol–water partition coefficient (Wildman–Crippen LogP) is 3.02. The molecular formula is C17H16N4O2S. The number of H-pyrrole nitrogens is 1. The number of phenolic OH excluding ortho intramolecular Hbond substituents is 2. The van der Waals surface area contributed by atoms with E-state index in [1.165, 1.54) is 28.6 Å². The molecule has 3 rings (SSSR count). The first kappa shape index (κ1) is 15.9. The maximum absolute atomic E-state index is 9.80. The van der Waals surface area contributed by atoms with Crippen LogP contribution in [-0.4, -0.2) is 31.3 Å². The molecule has 0 radical (unpaired) electrons. The lowest BCUT2D eigenvalue weighted by atomic mass is 10.1. The van der Waals surface area contributed by atoms with E-state index in [0.717, 1.165) is 6.42 Å². The van der Waals surface area contributed by atoms with Crippen molar-refractivity contribution in [3.63, 3.8) is 0 Å². The molecule has 0 aliphatic rings. The Bertz CT molecular complexity index is 916. The minimum absolute atomic E-state index is 0.00637. The number of aromatic amines is 1. The van der Waals surface area contributed by atoms with Crippen molar-refractivity contribution in [1.29, 1.82) is 0 Å². The molecule has 6 nitrogen and oxygen atoms in total. The number of nitrogens with one attached hydrogen (secondary N) is 1. The summed E-state index contributed by atoms with van der Waals surface area (Å²) in [7, 11) is 0. The lowest BCUT2D eigenvalue weighted by Gasteiger charge is -2.02. The third-order valence-electron chi connectivity index (χ3n) is 3.52. The van der Waals surface area contributed by atoms with E-state index in [0.29, 0.717) is 22.6 Å². The van der Waals surface area contributed by atoms with Gasteiger partial charge in [-0.1, -0.05) is 30.3 Å². The summed E-state index contributed by atoms with van der Waals surface area (Å²) in [5.74, 6) is 0.645. The van der Waals surface area contributed by atoms with Gasteiger partial charge in [0, 0.05) is 18.1 Å². The van der Waals surface area contributed by atoms with Crippen molar-refractivity contribution in [1.82, 2.24) is 14.9 Å². The summed E-state index contributed by atoms with van der Waals surface area (Å²) in [6.07, 6.45) is 2.97. The van der Waals surface area contributed by atoms with Gasteiger partial charge in [-0.25, -0.2) is 0 Å². The molecule has 0 aliphatic carbocycles. The van der Waals surface area contributed by atoms with E-state index in [2.05, 4.69) is 27.4 Å². The largest absolute Gasteiger partial charge is 0.508 e. The highest BCUT2D eigenvalue weighted by Gasteiger charge is 2.06. The fraction of sp³-hybridized carbons (Fsp3) is 0.118. The Balaban J connectivity index is 1.79. The number of benzene rings is 2. The van der Waals surface area contributed by atoms with E-state index in [1.54, 1.807) is 6.07 Å². The van der Waals surface area contributed by atoms with Crippen molar-refractivity contribution >= 4 is 18.4 Å². The number of nitrogens with zero attached hydrogens (tertiary/aromatic N) is 3. The normalized spacial score (nSPS) is 11.2. The lowest BCUT2D eigenvalue weighted by Crippen LogP contribution is -2.01. The first-order chi connectivity index (χ1) is 11.6. The highest BCUT2D eigenvalue weighted by atomic mass is 32.1. The van der Waals surface area contributed by atoms with Gasteiger partial charge in [0.1, 0.15) is 11.5 Å². The van der Waals surface area contributed by atoms with E-state index in [9.17, 15) is 10.2 Å². The molecule has 122 valence electrons. The maximum Gasteiger partial charge on any atom is 0.216 e. The minimum Gasteiger partial charge on any atom is -0.508 e. The maximum atomic E-state index is 9.80. The van der Waals surface area contributed by atoms with Crippen LogP contribution in [0, 0.1) is 4.77 Å². The molecule has 24 heavy (non-hydrogen) atoms. The monoisotopic (exact) mass is 340 g/mol. The van der Waals surface area contributed by atoms with Crippen LogP contribution in [0.3, 0.4) is 0 Å². The smallest absolute Gasteiger partial charge is 0.216 e. The van der Waals surface area contributed by atoms with E-state index >= 15 is 0 Å². The van der Waals surface area contributed by atoms with Crippen LogP contribution < -0.4 is 0 Å². The van der Waals surface area contributed by atoms with E-state index < -0.39 is 0 Å². The van der Waals surface area contributed by atoms with Gasteiger partial charge in [-0.3, -0.25) is 5.10 Å². The molecule has 0 fully saturated rings.